The summed E-state index contributed by atoms with van der Waals surface area (Å²) in [6.07, 6.45) is -0.0295. The van der Waals surface area contributed by atoms with Gasteiger partial charge in [-0.25, -0.2) is 9.59 Å². The molecule has 1 aliphatic rings. The molecule has 3 N–H and O–H groups in total. The molecular formula is C25H26N2O5. The lowest BCUT2D eigenvalue weighted by Gasteiger charge is -2.18. The zero-order valence-corrected chi connectivity index (χ0v) is 18.1. The zero-order chi connectivity index (χ0) is 23.1. The fraction of sp³-hybridized carbons (Fsp3) is 0.320. The minimum Gasteiger partial charge on any atom is -0.480 e. The summed E-state index contributed by atoms with van der Waals surface area (Å²) < 4.78 is 5.39. The Balaban J connectivity index is 1.50. The van der Waals surface area contributed by atoms with Crippen molar-refractivity contribution in [3.63, 3.8) is 0 Å². The smallest absolute Gasteiger partial charge is 0.407 e. The maximum atomic E-state index is 12.1. The van der Waals surface area contributed by atoms with Gasteiger partial charge in [0.25, 0.3) is 5.91 Å². The third-order valence-electron chi connectivity index (χ3n) is 5.63. The van der Waals surface area contributed by atoms with Gasteiger partial charge in [0.15, 0.2) is 0 Å². The lowest BCUT2D eigenvalue weighted by atomic mass is 9.98. The van der Waals surface area contributed by atoms with Gasteiger partial charge in [-0.1, -0.05) is 74.7 Å². The molecule has 0 radical (unpaired) electrons. The zero-order valence-electron chi connectivity index (χ0n) is 18.1. The Labute approximate surface area is 187 Å². The standard InChI is InChI=1S/C25H26N2O5/c1-3-16(2)23(24(29)30)27-22(28)13-8-14-26-25(31)32-15-21-19-11-6-4-9-17(19)18-10-5-7-12-20(18)21/h4-7,9-12,16,21,23H,3,14-15H2,1-2H3,(H,26,31)(H,27,28)(H,29,30)/t16?,23-/m0/s1. The molecule has 0 heterocycles. The Morgan fingerprint density at radius 1 is 1.06 bits per heavy atom. The highest BCUT2D eigenvalue weighted by Gasteiger charge is 2.29. The number of hydrogen-bond donors (Lipinski definition) is 3. The lowest BCUT2D eigenvalue weighted by Crippen LogP contribution is -2.44. The van der Waals surface area contributed by atoms with E-state index in [1.807, 2.05) is 43.3 Å². The maximum absolute atomic E-state index is 12.1. The van der Waals surface area contributed by atoms with Crippen molar-refractivity contribution in [2.75, 3.05) is 13.2 Å². The van der Waals surface area contributed by atoms with Crippen LogP contribution in [0.1, 0.15) is 37.3 Å². The summed E-state index contributed by atoms with van der Waals surface area (Å²) >= 11 is 0. The minimum atomic E-state index is -1.11. The van der Waals surface area contributed by atoms with E-state index in [0.29, 0.717) is 6.42 Å². The Morgan fingerprint density at radius 2 is 1.66 bits per heavy atom. The summed E-state index contributed by atoms with van der Waals surface area (Å²) in [4.78, 5) is 35.2. The van der Waals surface area contributed by atoms with Crippen molar-refractivity contribution in [2.45, 2.75) is 32.2 Å². The van der Waals surface area contributed by atoms with Crippen LogP contribution in [0.25, 0.3) is 11.1 Å². The number of alkyl carbamates (subject to hydrolysis) is 1. The molecule has 2 amide bonds. The van der Waals surface area contributed by atoms with Crippen molar-refractivity contribution in [1.29, 1.82) is 0 Å². The monoisotopic (exact) mass is 434 g/mol. The van der Waals surface area contributed by atoms with Crippen LogP contribution >= 0.6 is 0 Å². The van der Waals surface area contributed by atoms with Gasteiger partial charge in [-0.05, 0) is 34.1 Å². The van der Waals surface area contributed by atoms with E-state index in [0.717, 1.165) is 22.3 Å². The number of nitrogens with one attached hydrogen (secondary N) is 2. The summed E-state index contributed by atoms with van der Waals surface area (Å²) in [5.74, 6) is 2.73. The number of hydrogen-bond acceptors (Lipinski definition) is 4. The fourth-order valence-corrected chi connectivity index (χ4v) is 3.75. The largest absolute Gasteiger partial charge is 0.480 e. The van der Waals surface area contributed by atoms with Gasteiger partial charge in [0.05, 0.1) is 6.54 Å². The van der Waals surface area contributed by atoms with Crippen molar-refractivity contribution in [1.82, 2.24) is 10.6 Å². The molecule has 1 aliphatic carbocycles. The highest BCUT2D eigenvalue weighted by Crippen LogP contribution is 2.44. The van der Waals surface area contributed by atoms with Crippen LogP contribution < -0.4 is 10.6 Å². The SMILES string of the molecule is CCC(C)[C@H](NC(=O)C#CCNC(=O)OCC1c2ccccc2-c2ccccc21)C(=O)O. The predicted octanol–water partition coefficient (Wildman–Crippen LogP) is 3.14. The number of carbonyl (C=O) groups is 3. The van der Waals surface area contributed by atoms with Crippen molar-refractivity contribution < 1.29 is 24.2 Å². The lowest BCUT2D eigenvalue weighted by molar-refractivity contribution is -0.142. The first-order chi connectivity index (χ1) is 15.4. The Hall–Kier alpha value is -3.79. The van der Waals surface area contributed by atoms with Gasteiger partial charge in [-0.15, -0.1) is 0 Å². The van der Waals surface area contributed by atoms with Crippen molar-refractivity contribution in [3.8, 4) is 23.0 Å². The summed E-state index contributed by atoms with van der Waals surface area (Å²) in [6, 6.07) is 15.1. The third kappa shape index (κ3) is 5.27. The molecule has 2 aromatic rings. The molecule has 0 fully saturated rings. The number of rotatable bonds is 7. The molecular weight excluding hydrogens is 408 g/mol. The highest BCUT2D eigenvalue weighted by molar-refractivity contribution is 5.96. The number of carboxylic acid groups (broad SMARTS) is 1. The summed E-state index contributed by atoms with van der Waals surface area (Å²) in [7, 11) is 0. The second-order valence-electron chi connectivity index (χ2n) is 7.66. The first kappa shape index (κ1) is 22.9. The highest BCUT2D eigenvalue weighted by atomic mass is 16.5. The van der Waals surface area contributed by atoms with E-state index < -0.39 is 24.0 Å². The van der Waals surface area contributed by atoms with Gasteiger partial charge >= 0.3 is 12.1 Å². The molecule has 2 aromatic carbocycles. The van der Waals surface area contributed by atoms with Gasteiger partial charge in [0.2, 0.25) is 0 Å². The van der Waals surface area contributed by atoms with E-state index in [1.54, 1.807) is 6.92 Å². The molecule has 0 aromatic heterocycles. The molecule has 0 spiro atoms. The fourth-order valence-electron chi connectivity index (χ4n) is 3.75. The summed E-state index contributed by atoms with van der Waals surface area (Å²) in [5, 5.41) is 14.1. The predicted molar refractivity (Wildman–Crippen MR) is 120 cm³/mol. The van der Waals surface area contributed by atoms with E-state index in [1.165, 1.54) is 0 Å². The van der Waals surface area contributed by atoms with Gasteiger partial charge in [-0.2, -0.15) is 0 Å². The van der Waals surface area contributed by atoms with Crippen LogP contribution in [0.5, 0.6) is 0 Å². The first-order valence-electron chi connectivity index (χ1n) is 10.5. The molecule has 2 atom stereocenters. The Morgan fingerprint density at radius 3 is 2.22 bits per heavy atom. The molecule has 0 bridgehead atoms. The molecule has 0 saturated heterocycles. The number of fused-ring (bicyclic) bond motifs is 3. The number of carbonyl (C=O) groups excluding carboxylic acids is 2. The minimum absolute atomic E-state index is 0.0430. The molecule has 0 aliphatic heterocycles. The third-order valence-corrected chi connectivity index (χ3v) is 5.63. The van der Waals surface area contributed by atoms with Crippen LogP contribution in [-0.2, 0) is 14.3 Å². The first-order valence-corrected chi connectivity index (χ1v) is 10.5. The van der Waals surface area contributed by atoms with E-state index in [-0.39, 0.29) is 25.0 Å². The van der Waals surface area contributed by atoms with Crippen LogP contribution in [0.2, 0.25) is 0 Å². The Bertz CT molecular complexity index is 1020. The number of amides is 2. The number of aliphatic carboxylic acids is 1. The van der Waals surface area contributed by atoms with Crippen molar-refractivity contribution in [2.24, 2.45) is 5.92 Å². The average Bonchev–Trinajstić information content (AvgIpc) is 3.12. The van der Waals surface area contributed by atoms with Gasteiger partial charge in [-0.3, -0.25) is 4.79 Å². The number of carboxylic acids is 1. The van der Waals surface area contributed by atoms with E-state index in [9.17, 15) is 19.5 Å². The van der Waals surface area contributed by atoms with E-state index >= 15 is 0 Å². The molecule has 32 heavy (non-hydrogen) atoms. The average molecular weight is 434 g/mol. The van der Waals surface area contributed by atoms with Crippen LogP contribution in [-0.4, -0.2) is 42.3 Å². The molecule has 7 heteroatoms. The van der Waals surface area contributed by atoms with Gasteiger partial charge in [0.1, 0.15) is 12.6 Å². The Kier molecular flexibility index (Phi) is 7.50. The second kappa shape index (κ2) is 10.5. The molecule has 166 valence electrons. The van der Waals surface area contributed by atoms with Crippen molar-refractivity contribution in [3.05, 3.63) is 59.7 Å². The molecule has 3 rings (SSSR count). The summed E-state index contributed by atoms with van der Waals surface area (Å²) in [5.41, 5.74) is 4.52. The van der Waals surface area contributed by atoms with Crippen LogP contribution in [0.3, 0.4) is 0 Å². The maximum Gasteiger partial charge on any atom is 0.407 e. The van der Waals surface area contributed by atoms with Gasteiger partial charge in [0, 0.05) is 5.92 Å². The number of benzene rings is 2. The molecule has 0 saturated carbocycles. The van der Waals surface area contributed by atoms with Crippen LogP contribution in [0, 0.1) is 17.8 Å². The van der Waals surface area contributed by atoms with Crippen molar-refractivity contribution >= 4 is 18.0 Å². The second-order valence-corrected chi connectivity index (χ2v) is 7.66. The molecule has 7 nitrogen and oxygen atoms in total. The van der Waals surface area contributed by atoms with E-state index in [2.05, 4.69) is 34.6 Å². The topological polar surface area (TPSA) is 105 Å². The van der Waals surface area contributed by atoms with E-state index in [4.69, 9.17) is 4.74 Å². The van der Waals surface area contributed by atoms with Crippen LogP contribution in [0.4, 0.5) is 4.79 Å². The van der Waals surface area contributed by atoms with Crippen LogP contribution in [0.15, 0.2) is 48.5 Å². The number of ether oxygens (including phenoxy) is 1. The molecule has 1 unspecified atom stereocenters. The van der Waals surface area contributed by atoms with Gasteiger partial charge < -0.3 is 20.5 Å². The summed E-state index contributed by atoms with van der Waals surface area (Å²) in [6.45, 7) is 3.68. The quantitative estimate of drug-likeness (QED) is 0.581. The normalized spacial score (nSPS) is 13.6.